The summed E-state index contributed by atoms with van der Waals surface area (Å²) < 4.78 is 0. The number of carbonyl (C=O) groups excluding carboxylic acids is 5. The highest BCUT2D eigenvalue weighted by Gasteiger charge is 2.44. The smallest absolute Gasteiger partial charge is 0.255 e. The molecule has 0 bridgehead atoms. The Morgan fingerprint density at radius 1 is 0.816 bits per heavy atom. The first-order chi connectivity index (χ1) is 36.6. The summed E-state index contributed by atoms with van der Waals surface area (Å²) in [5.74, 6) is -0.645. The highest BCUT2D eigenvalue weighted by Crippen LogP contribution is 2.30. The second-order valence-electron chi connectivity index (χ2n) is 20.8. The molecule has 0 aliphatic carbocycles. The molecule has 8 rings (SSSR count). The summed E-state index contributed by atoms with van der Waals surface area (Å²) in [6.07, 6.45) is 8.00. The number of anilines is 3. The zero-order chi connectivity index (χ0) is 53.8. The van der Waals surface area contributed by atoms with E-state index in [9.17, 15) is 29.1 Å². The maximum atomic E-state index is 14.1. The lowest BCUT2D eigenvalue weighted by Crippen LogP contribution is -2.57. The molecule has 398 valence electrons. The minimum Gasteiger partial charge on any atom is -0.391 e. The van der Waals surface area contributed by atoms with Crippen molar-refractivity contribution < 1.29 is 29.1 Å². The molecule has 3 atom stereocenters. The molecule has 0 saturated carbocycles. The Labute approximate surface area is 449 Å². The first kappa shape index (κ1) is 54.8. The van der Waals surface area contributed by atoms with E-state index in [0.717, 1.165) is 82.1 Å². The van der Waals surface area contributed by atoms with Gasteiger partial charge in [-0.3, -0.25) is 33.9 Å². The molecule has 2 aliphatic heterocycles. The number of benzene rings is 3. The molecular formula is C58H69N11O6S. The van der Waals surface area contributed by atoms with Gasteiger partial charge in [0.1, 0.15) is 12.1 Å². The molecule has 5 heterocycles. The van der Waals surface area contributed by atoms with Gasteiger partial charge < -0.3 is 36.2 Å². The molecule has 0 unspecified atom stereocenters. The molecule has 3 aromatic heterocycles. The SMILES string of the molecule is Cc1ccc(NC(=O)c2ccc(CN3CCN(C(=O)CCCCCCC(=O)N[C@H](C(=O)N4C[C@H](O)C[C@H]4C(=O)NCc4ccc(-c5scnc5C)cc4)C(C)(C)C)CC3)cc2)cc1Nc1nccc(-c2cccnc2)n1. The van der Waals surface area contributed by atoms with Gasteiger partial charge in [0.25, 0.3) is 5.91 Å². The van der Waals surface area contributed by atoms with Crippen LogP contribution in [0.2, 0.25) is 0 Å². The van der Waals surface area contributed by atoms with E-state index in [1.165, 1.54) is 4.90 Å². The van der Waals surface area contributed by atoms with Crippen LogP contribution in [0.4, 0.5) is 17.3 Å². The number of likely N-dealkylation sites (tertiary alicyclic amines) is 1. The predicted octanol–water partition coefficient (Wildman–Crippen LogP) is 8.07. The molecular weight excluding hydrogens is 979 g/mol. The normalized spacial score (nSPS) is 16.2. The van der Waals surface area contributed by atoms with Crippen molar-refractivity contribution in [3.63, 3.8) is 0 Å². The molecule has 17 nitrogen and oxygen atoms in total. The average Bonchev–Trinajstić information content (AvgIpc) is 4.04. The van der Waals surface area contributed by atoms with Gasteiger partial charge in [-0.05, 0) is 96.8 Å². The van der Waals surface area contributed by atoms with Gasteiger partial charge in [0.05, 0.1) is 27.9 Å². The third kappa shape index (κ3) is 14.7. The monoisotopic (exact) mass is 1050 g/mol. The number of aliphatic hydroxyl groups excluding tert-OH is 1. The number of rotatable bonds is 20. The minimum atomic E-state index is -0.893. The lowest BCUT2D eigenvalue weighted by atomic mass is 9.85. The van der Waals surface area contributed by atoms with Crippen molar-refractivity contribution in [2.75, 3.05) is 43.4 Å². The Bertz CT molecular complexity index is 2960. The quantitative estimate of drug-likeness (QED) is 0.0459. The largest absolute Gasteiger partial charge is 0.391 e. The number of piperazine rings is 1. The van der Waals surface area contributed by atoms with Crippen molar-refractivity contribution in [2.45, 2.75) is 111 Å². The number of nitrogens with one attached hydrogen (secondary N) is 4. The van der Waals surface area contributed by atoms with Crippen LogP contribution in [0.1, 0.15) is 98.5 Å². The third-order valence-electron chi connectivity index (χ3n) is 14.0. The number of nitrogens with zero attached hydrogens (tertiary/aromatic N) is 7. The molecule has 76 heavy (non-hydrogen) atoms. The number of aromatic nitrogens is 4. The number of hydrogen-bond donors (Lipinski definition) is 5. The van der Waals surface area contributed by atoms with Crippen LogP contribution in [-0.2, 0) is 32.3 Å². The third-order valence-corrected chi connectivity index (χ3v) is 14.9. The summed E-state index contributed by atoms with van der Waals surface area (Å²) in [5, 5.41) is 22.8. The van der Waals surface area contributed by atoms with E-state index in [0.29, 0.717) is 49.7 Å². The fourth-order valence-electron chi connectivity index (χ4n) is 9.51. The second-order valence-corrected chi connectivity index (χ2v) is 21.7. The van der Waals surface area contributed by atoms with Gasteiger partial charge in [0.2, 0.25) is 29.6 Å². The maximum absolute atomic E-state index is 14.1. The van der Waals surface area contributed by atoms with Gasteiger partial charge in [-0.2, -0.15) is 0 Å². The summed E-state index contributed by atoms with van der Waals surface area (Å²) in [4.78, 5) is 91.6. The highest BCUT2D eigenvalue weighted by atomic mass is 32.1. The summed E-state index contributed by atoms with van der Waals surface area (Å²) in [5.41, 5.74) is 9.72. The van der Waals surface area contributed by atoms with Gasteiger partial charge in [-0.1, -0.05) is 76.1 Å². The first-order valence-electron chi connectivity index (χ1n) is 26.1. The average molecular weight is 1050 g/mol. The second kappa shape index (κ2) is 25.4. The van der Waals surface area contributed by atoms with Gasteiger partial charge in [0, 0.05) is 106 Å². The number of carbonyl (C=O) groups is 5. The minimum absolute atomic E-state index is 0.00852. The first-order valence-corrected chi connectivity index (χ1v) is 27.0. The number of pyridine rings is 1. The predicted molar refractivity (Wildman–Crippen MR) is 295 cm³/mol. The van der Waals surface area contributed by atoms with E-state index in [2.05, 4.69) is 46.1 Å². The van der Waals surface area contributed by atoms with Crippen molar-refractivity contribution >= 4 is 58.2 Å². The molecule has 0 radical (unpaired) electrons. The number of β-amino-alcohol motifs (C(OH)–C–C–N with tert-alkyl or cyclic N) is 1. The van der Waals surface area contributed by atoms with Gasteiger partial charge in [-0.25, -0.2) is 15.0 Å². The zero-order valence-electron chi connectivity index (χ0n) is 44.1. The van der Waals surface area contributed by atoms with Crippen LogP contribution in [0, 0.1) is 19.3 Å². The molecule has 6 aromatic rings. The molecule has 2 aliphatic rings. The maximum Gasteiger partial charge on any atom is 0.255 e. The van der Waals surface area contributed by atoms with Crippen LogP contribution >= 0.6 is 11.3 Å². The Kier molecular flexibility index (Phi) is 18.3. The van der Waals surface area contributed by atoms with Crippen LogP contribution in [0.5, 0.6) is 0 Å². The lowest BCUT2D eigenvalue weighted by molar-refractivity contribution is -0.144. The molecule has 5 amide bonds. The Morgan fingerprint density at radius 3 is 2.25 bits per heavy atom. The van der Waals surface area contributed by atoms with E-state index in [1.54, 1.807) is 29.9 Å². The lowest BCUT2D eigenvalue weighted by Gasteiger charge is -2.35. The van der Waals surface area contributed by atoms with Crippen molar-refractivity contribution in [2.24, 2.45) is 5.41 Å². The number of aryl methyl sites for hydroxylation is 2. The Hall–Kier alpha value is -7.41. The van der Waals surface area contributed by atoms with E-state index in [4.69, 9.17) is 0 Å². The fourth-order valence-corrected chi connectivity index (χ4v) is 10.3. The number of amides is 5. The summed E-state index contributed by atoms with van der Waals surface area (Å²) in [7, 11) is 0. The summed E-state index contributed by atoms with van der Waals surface area (Å²) in [6.45, 7) is 13.3. The zero-order valence-corrected chi connectivity index (χ0v) is 44.9. The molecule has 2 fully saturated rings. The van der Waals surface area contributed by atoms with Crippen molar-refractivity contribution in [3.05, 3.63) is 137 Å². The molecule has 2 saturated heterocycles. The van der Waals surface area contributed by atoms with Gasteiger partial charge >= 0.3 is 0 Å². The van der Waals surface area contributed by atoms with E-state index < -0.39 is 29.5 Å². The van der Waals surface area contributed by atoms with Crippen LogP contribution in [-0.4, -0.2) is 120 Å². The summed E-state index contributed by atoms with van der Waals surface area (Å²) in [6, 6.07) is 25.0. The summed E-state index contributed by atoms with van der Waals surface area (Å²) >= 11 is 1.58. The van der Waals surface area contributed by atoms with E-state index in [-0.39, 0.29) is 49.6 Å². The number of thiazole rings is 1. The van der Waals surface area contributed by atoms with Gasteiger partial charge in [-0.15, -0.1) is 11.3 Å². The number of unbranched alkanes of at least 4 members (excludes halogenated alkanes) is 3. The number of hydrogen-bond acceptors (Lipinski definition) is 13. The van der Waals surface area contributed by atoms with Crippen LogP contribution in [0.15, 0.2) is 109 Å². The number of aliphatic hydroxyl groups is 1. The van der Waals surface area contributed by atoms with Crippen LogP contribution in [0.3, 0.4) is 0 Å². The van der Waals surface area contributed by atoms with E-state index >= 15 is 0 Å². The topological polar surface area (TPSA) is 215 Å². The highest BCUT2D eigenvalue weighted by molar-refractivity contribution is 7.13. The molecule has 18 heteroatoms. The molecule has 0 spiro atoms. The van der Waals surface area contributed by atoms with Crippen molar-refractivity contribution in [1.82, 2.24) is 45.3 Å². The standard InChI is InChI=1S/C58H69N11O6S/c1-38-14-23-45(31-48(38)65-57-60-26-24-47(64-57)44-11-10-25-59-34-44)63-54(73)43-21-17-41(18-22-43)35-67-27-29-68(30-28-67)51(72)13-9-7-6-8-12-50(71)66-53(58(3,4)5)56(75)69-36-46(70)32-49(69)55(74)61-33-40-15-19-42(20-16-40)52-39(2)62-37-76-52/h10-11,14-26,31,34,37,46,49,53,70H,6-9,12-13,27-30,32-33,35-36H2,1-5H3,(H,61,74)(H,63,73)(H,66,71)(H,60,64,65)/t46-,49+,53-/m1/s1. The molecule has 5 N–H and O–H groups in total. The van der Waals surface area contributed by atoms with Crippen molar-refractivity contribution in [1.29, 1.82) is 0 Å². The van der Waals surface area contributed by atoms with Crippen molar-refractivity contribution in [3.8, 4) is 21.7 Å². The van der Waals surface area contributed by atoms with E-state index in [1.807, 2.05) is 130 Å². The van der Waals surface area contributed by atoms with Crippen LogP contribution < -0.4 is 21.3 Å². The Balaban J connectivity index is 0.710. The van der Waals surface area contributed by atoms with Gasteiger partial charge in [0.15, 0.2) is 0 Å². The molecule has 3 aromatic carbocycles. The van der Waals surface area contributed by atoms with Crippen LogP contribution in [0.25, 0.3) is 21.7 Å². The Morgan fingerprint density at radius 2 is 1.55 bits per heavy atom. The fraction of sp³-hybridized carbons (Fsp3) is 0.397.